The Morgan fingerprint density at radius 2 is 2.14 bits per heavy atom. The number of hydrogen-bond acceptors (Lipinski definition) is 5. The molecule has 1 atom stereocenters. The summed E-state index contributed by atoms with van der Waals surface area (Å²) >= 11 is 0. The van der Waals surface area contributed by atoms with Gasteiger partial charge in [0.2, 0.25) is 5.91 Å². The molecule has 0 unspecified atom stereocenters. The molecule has 2 aliphatic heterocycles. The van der Waals surface area contributed by atoms with Crippen LogP contribution < -0.4 is 10.1 Å². The monoisotopic (exact) mass is 383 g/mol. The molecule has 7 heteroatoms. The van der Waals surface area contributed by atoms with Gasteiger partial charge in [-0.3, -0.25) is 4.79 Å². The van der Waals surface area contributed by atoms with Crippen LogP contribution in [-0.2, 0) is 17.8 Å². The maximum absolute atomic E-state index is 12.7. The zero-order chi connectivity index (χ0) is 19.3. The van der Waals surface area contributed by atoms with Crippen molar-refractivity contribution in [3.8, 4) is 5.75 Å². The van der Waals surface area contributed by atoms with Crippen LogP contribution in [0.25, 0.3) is 0 Å². The molecule has 0 spiro atoms. The van der Waals surface area contributed by atoms with E-state index >= 15 is 0 Å². The molecule has 0 bridgehead atoms. The lowest BCUT2D eigenvalue weighted by Gasteiger charge is -2.32. The number of amides is 1. The Morgan fingerprint density at radius 3 is 3.04 bits per heavy atom. The highest BCUT2D eigenvalue weighted by Crippen LogP contribution is 2.27. The zero-order valence-corrected chi connectivity index (χ0v) is 16.6. The van der Waals surface area contributed by atoms with E-state index in [-0.39, 0.29) is 11.8 Å². The van der Waals surface area contributed by atoms with Gasteiger partial charge in [0, 0.05) is 45.1 Å². The molecule has 28 heavy (non-hydrogen) atoms. The highest BCUT2D eigenvalue weighted by Gasteiger charge is 2.29. The molecule has 150 valence electrons. The second kappa shape index (κ2) is 8.73. The normalized spacial score (nSPS) is 19.8. The van der Waals surface area contributed by atoms with E-state index < -0.39 is 0 Å². The molecule has 1 aromatic carbocycles. The van der Waals surface area contributed by atoms with Gasteiger partial charge in [-0.1, -0.05) is 18.2 Å². The van der Waals surface area contributed by atoms with Gasteiger partial charge in [-0.2, -0.15) is 0 Å². The molecule has 0 aliphatic carbocycles. The number of rotatable bonds is 5. The third-order valence-corrected chi connectivity index (χ3v) is 5.70. The van der Waals surface area contributed by atoms with E-state index in [1.165, 1.54) is 0 Å². The van der Waals surface area contributed by atoms with Gasteiger partial charge in [0.25, 0.3) is 0 Å². The SMILES string of the molecule is Cc1ccccc1OCCC(=O)N1CCC[C@H](c2nnc3n2CCNCC3)C1. The number of para-hydroxylation sites is 1. The summed E-state index contributed by atoms with van der Waals surface area (Å²) < 4.78 is 8.07. The summed E-state index contributed by atoms with van der Waals surface area (Å²) in [7, 11) is 0. The summed E-state index contributed by atoms with van der Waals surface area (Å²) in [5.41, 5.74) is 1.09. The number of benzene rings is 1. The number of fused-ring (bicyclic) bond motifs is 1. The molecule has 4 rings (SSSR count). The number of carbonyl (C=O) groups excluding carboxylic acids is 1. The summed E-state index contributed by atoms with van der Waals surface area (Å²) in [6.07, 6.45) is 3.39. The molecule has 7 nitrogen and oxygen atoms in total. The fourth-order valence-electron chi connectivity index (χ4n) is 4.13. The number of nitrogens with one attached hydrogen (secondary N) is 1. The average Bonchev–Trinajstić information content (AvgIpc) is 2.98. The molecule has 0 radical (unpaired) electrons. The van der Waals surface area contributed by atoms with Crippen molar-refractivity contribution in [3.63, 3.8) is 0 Å². The minimum Gasteiger partial charge on any atom is -0.493 e. The fourth-order valence-corrected chi connectivity index (χ4v) is 4.13. The van der Waals surface area contributed by atoms with E-state index in [4.69, 9.17) is 4.74 Å². The van der Waals surface area contributed by atoms with Crippen LogP contribution in [0.1, 0.15) is 42.4 Å². The second-order valence-electron chi connectivity index (χ2n) is 7.67. The van der Waals surface area contributed by atoms with Crippen LogP contribution in [-0.4, -0.2) is 58.4 Å². The van der Waals surface area contributed by atoms with Gasteiger partial charge in [0.15, 0.2) is 0 Å². The first-order valence-corrected chi connectivity index (χ1v) is 10.3. The molecule has 1 aromatic heterocycles. The maximum atomic E-state index is 12.7. The van der Waals surface area contributed by atoms with Crippen molar-refractivity contribution in [1.82, 2.24) is 25.0 Å². The predicted octanol–water partition coefficient (Wildman–Crippen LogP) is 1.91. The minimum absolute atomic E-state index is 0.163. The van der Waals surface area contributed by atoms with Crippen LogP contribution in [0.15, 0.2) is 24.3 Å². The molecule has 1 fully saturated rings. The summed E-state index contributed by atoms with van der Waals surface area (Å²) in [4.78, 5) is 14.7. The number of piperidine rings is 1. The number of hydrogen-bond donors (Lipinski definition) is 1. The summed E-state index contributed by atoms with van der Waals surface area (Å²) in [6.45, 7) is 6.79. The van der Waals surface area contributed by atoms with Crippen molar-refractivity contribution < 1.29 is 9.53 Å². The van der Waals surface area contributed by atoms with Gasteiger partial charge in [-0.25, -0.2) is 0 Å². The third kappa shape index (κ3) is 4.19. The van der Waals surface area contributed by atoms with Gasteiger partial charge in [-0.15, -0.1) is 10.2 Å². The van der Waals surface area contributed by atoms with Gasteiger partial charge in [0.05, 0.1) is 13.0 Å². The lowest BCUT2D eigenvalue weighted by molar-refractivity contribution is -0.133. The van der Waals surface area contributed by atoms with E-state index in [0.717, 1.165) is 74.9 Å². The van der Waals surface area contributed by atoms with E-state index in [2.05, 4.69) is 20.1 Å². The van der Waals surface area contributed by atoms with Crippen LogP contribution in [0.3, 0.4) is 0 Å². The smallest absolute Gasteiger partial charge is 0.226 e. The van der Waals surface area contributed by atoms with E-state index in [0.29, 0.717) is 13.0 Å². The molecular weight excluding hydrogens is 354 g/mol. The van der Waals surface area contributed by atoms with Crippen LogP contribution >= 0.6 is 0 Å². The van der Waals surface area contributed by atoms with Gasteiger partial charge >= 0.3 is 0 Å². The molecular formula is C21H29N5O2. The highest BCUT2D eigenvalue weighted by atomic mass is 16.5. The fraction of sp³-hybridized carbons (Fsp3) is 0.571. The number of aryl methyl sites for hydroxylation is 1. The van der Waals surface area contributed by atoms with Crippen LogP contribution in [0.5, 0.6) is 5.75 Å². The van der Waals surface area contributed by atoms with Crippen molar-refractivity contribution in [2.45, 2.75) is 45.1 Å². The number of likely N-dealkylation sites (tertiary alicyclic amines) is 1. The van der Waals surface area contributed by atoms with Crippen molar-refractivity contribution in [2.75, 3.05) is 32.8 Å². The molecule has 0 saturated carbocycles. The lowest BCUT2D eigenvalue weighted by atomic mass is 9.96. The molecule has 3 heterocycles. The Morgan fingerprint density at radius 1 is 1.25 bits per heavy atom. The Balaban J connectivity index is 1.34. The van der Waals surface area contributed by atoms with Crippen molar-refractivity contribution >= 4 is 5.91 Å². The molecule has 1 amide bonds. The molecule has 2 aromatic rings. The number of ether oxygens (including phenoxy) is 1. The largest absolute Gasteiger partial charge is 0.493 e. The molecule has 1 saturated heterocycles. The van der Waals surface area contributed by atoms with Crippen LogP contribution in [0.4, 0.5) is 0 Å². The van der Waals surface area contributed by atoms with Crippen LogP contribution in [0, 0.1) is 6.92 Å². The summed E-state index contributed by atoms with van der Waals surface area (Å²) in [5, 5.41) is 12.3. The van der Waals surface area contributed by atoms with E-state index in [9.17, 15) is 4.79 Å². The molecule has 2 aliphatic rings. The maximum Gasteiger partial charge on any atom is 0.226 e. The third-order valence-electron chi connectivity index (χ3n) is 5.70. The standard InChI is InChI=1S/C21H29N5O2/c1-16-5-2-3-7-18(16)28-14-9-20(27)25-12-4-6-17(15-25)21-24-23-19-8-10-22-11-13-26(19)21/h2-3,5,7,17,22H,4,6,8-15H2,1H3/t17-/m0/s1. The Labute approximate surface area is 166 Å². The minimum atomic E-state index is 0.163. The average molecular weight is 383 g/mol. The summed E-state index contributed by atoms with van der Waals surface area (Å²) in [6, 6.07) is 7.91. The first-order chi connectivity index (χ1) is 13.7. The Kier molecular flexibility index (Phi) is 5.90. The predicted molar refractivity (Wildman–Crippen MR) is 106 cm³/mol. The Bertz CT molecular complexity index is 819. The van der Waals surface area contributed by atoms with Crippen molar-refractivity contribution in [2.24, 2.45) is 0 Å². The number of aromatic nitrogens is 3. The van der Waals surface area contributed by atoms with E-state index in [1.807, 2.05) is 36.1 Å². The van der Waals surface area contributed by atoms with Crippen LogP contribution in [0.2, 0.25) is 0 Å². The van der Waals surface area contributed by atoms with Gasteiger partial charge < -0.3 is 19.5 Å². The number of carbonyl (C=O) groups is 1. The van der Waals surface area contributed by atoms with Gasteiger partial charge in [0.1, 0.15) is 17.4 Å². The van der Waals surface area contributed by atoms with Crippen molar-refractivity contribution in [3.05, 3.63) is 41.5 Å². The number of nitrogens with zero attached hydrogens (tertiary/aromatic N) is 4. The lowest BCUT2D eigenvalue weighted by Crippen LogP contribution is -2.40. The van der Waals surface area contributed by atoms with Crippen molar-refractivity contribution in [1.29, 1.82) is 0 Å². The first kappa shape index (κ1) is 18.9. The second-order valence-corrected chi connectivity index (χ2v) is 7.67. The summed E-state index contributed by atoms with van der Waals surface area (Å²) in [5.74, 6) is 3.40. The molecule has 1 N–H and O–H groups in total. The van der Waals surface area contributed by atoms with Gasteiger partial charge in [-0.05, 0) is 31.4 Å². The van der Waals surface area contributed by atoms with E-state index in [1.54, 1.807) is 0 Å². The first-order valence-electron chi connectivity index (χ1n) is 10.3. The highest BCUT2D eigenvalue weighted by molar-refractivity contribution is 5.76. The zero-order valence-electron chi connectivity index (χ0n) is 16.6. The quantitative estimate of drug-likeness (QED) is 0.854. The Hall–Kier alpha value is -2.41. The topological polar surface area (TPSA) is 72.3 Å².